The first-order valence-corrected chi connectivity index (χ1v) is 3.70. The number of rotatable bonds is 4. The molecule has 0 rings (SSSR count). The molecule has 0 saturated carbocycles. The largest absolute Gasteiger partial charge is 0.383 e. The fourth-order valence-electron chi connectivity index (χ4n) is 0.898. The van der Waals surface area contributed by atoms with Crippen molar-refractivity contribution in [3.8, 4) is 0 Å². The van der Waals surface area contributed by atoms with Gasteiger partial charge in [0, 0.05) is 0 Å². The van der Waals surface area contributed by atoms with Crippen molar-refractivity contribution in [3.05, 3.63) is 0 Å². The van der Waals surface area contributed by atoms with E-state index in [9.17, 15) is 9.90 Å². The molecule has 0 fully saturated rings. The van der Waals surface area contributed by atoms with Gasteiger partial charge in [0.25, 0.3) is 0 Å². The van der Waals surface area contributed by atoms with E-state index < -0.39 is 5.60 Å². The van der Waals surface area contributed by atoms with Gasteiger partial charge in [0.1, 0.15) is 5.60 Å². The van der Waals surface area contributed by atoms with Crippen LogP contribution in [-0.2, 0) is 4.79 Å². The number of hydrogen-bond acceptors (Lipinski definition) is 2. The third kappa shape index (κ3) is 3.62. The van der Waals surface area contributed by atoms with E-state index >= 15 is 0 Å². The summed E-state index contributed by atoms with van der Waals surface area (Å²) >= 11 is 0. The van der Waals surface area contributed by atoms with Gasteiger partial charge >= 0.3 is 0 Å². The lowest BCUT2D eigenvalue weighted by Crippen LogP contribution is -2.28. The van der Waals surface area contributed by atoms with Gasteiger partial charge in [0.15, 0.2) is 6.29 Å². The maximum Gasteiger partial charge on any atom is 0.151 e. The molecule has 0 aromatic carbocycles. The number of aldehydes is 1. The highest BCUT2D eigenvalue weighted by Gasteiger charge is 2.20. The van der Waals surface area contributed by atoms with E-state index in [0.29, 0.717) is 18.6 Å². The van der Waals surface area contributed by atoms with E-state index in [-0.39, 0.29) is 0 Å². The molecule has 0 aliphatic heterocycles. The Hall–Kier alpha value is -0.370. The lowest BCUT2D eigenvalue weighted by Gasteiger charge is -2.19. The molecule has 0 radical (unpaired) electrons. The van der Waals surface area contributed by atoms with Gasteiger partial charge < -0.3 is 9.90 Å². The quantitative estimate of drug-likeness (QED) is 0.605. The number of carbonyl (C=O) groups excluding carboxylic acids is 1. The molecule has 0 aliphatic carbocycles. The van der Waals surface area contributed by atoms with Crippen LogP contribution in [0, 0.1) is 5.92 Å². The van der Waals surface area contributed by atoms with Crippen LogP contribution in [0.4, 0.5) is 0 Å². The van der Waals surface area contributed by atoms with Crippen LogP contribution in [0.3, 0.4) is 0 Å². The molecule has 0 aromatic heterocycles. The van der Waals surface area contributed by atoms with Gasteiger partial charge in [-0.3, -0.25) is 0 Å². The van der Waals surface area contributed by atoms with Crippen LogP contribution in [-0.4, -0.2) is 17.0 Å². The number of hydrogen-bond donors (Lipinski definition) is 1. The van der Waals surface area contributed by atoms with Crippen LogP contribution in [0.2, 0.25) is 0 Å². The molecule has 2 atom stereocenters. The van der Waals surface area contributed by atoms with E-state index in [1.165, 1.54) is 0 Å². The summed E-state index contributed by atoms with van der Waals surface area (Å²) in [6.07, 6.45) is 2.18. The van der Waals surface area contributed by atoms with Crippen molar-refractivity contribution < 1.29 is 9.90 Å². The molecule has 10 heavy (non-hydrogen) atoms. The van der Waals surface area contributed by atoms with Crippen LogP contribution in [0.25, 0.3) is 0 Å². The molecule has 0 heterocycles. The van der Waals surface area contributed by atoms with E-state index in [2.05, 4.69) is 0 Å². The molecule has 2 unspecified atom stereocenters. The molecular weight excluding hydrogens is 128 g/mol. The summed E-state index contributed by atoms with van der Waals surface area (Å²) in [7, 11) is 0. The summed E-state index contributed by atoms with van der Waals surface area (Å²) < 4.78 is 0. The first-order chi connectivity index (χ1) is 4.52. The molecule has 0 bridgehead atoms. The molecular formula is C8H16O2. The Morgan fingerprint density at radius 3 is 2.50 bits per heavy atom. The lowest BCUT2D eigenvalue weighted by molar-refractivity contribution is -0.123. The zero-order valence-electron chi connectivity index (χ0n) is 6.92. The van der Waals surface area contributed by atoms with Crippen LogP contribution in [0.1, 0.15) is 33.6 Å². The fraction of sp³-hybridized carbons (Fsp3) is 0.875. The van der Waals surface area contributed by atoms with Crippen molar-refractivity contribution in [1.29, 1.82) is 0 Å². The molecule has 0 spiro atoms. The van der Waals surface area contributed by atoms with Gasteiger partial charge in [-0.25, -0.2) is 0 Å². The van der Waals surface area contributed by atoms with Crippen LogP contribution in [0.5, 0.6) is 0 Å². The highest BCUT2D eigenvalue weighted by Crippen LogP contribution is 2.16. The second-order valence-corrected chi connectivity index (χ2v) is 3.19. The maximum absolute atomic E-state index is 10.2. The van der Waals surface area contributed by atoms with Crippen molar-refractivity contribution in [3.63, 3.8) is 0 Å². The highest BCUT2D eigenvalue weighted by atomic mass is 16.3. The maximum atomic E-state index is 10.2. The molecule has 2 nitrogen and oxygen atoms in total. The normalized spacial score (nSPS) is 19.6. The Morgan fingerprint density at radius 1 is 1.70 bits per heavy atom. The minimum absolute atomic E-state index is 0.417. The van der Waals surface area contributed by atoms with Crippen molar-refractivity contribution >= 4 is 6.29 Å². The molecule has 0 aliphatic rings. The Bertz CT molecular complexity index is 108. The first-order valence-electron chi connectivity index (χ1n) is 3.70. The zero-order chi connectivity index (χ0) is 8.20. The predicted octanol–water partition coefficient (Wildman–Crippen LogP) is 1.37. The standard InChI is InChI=1S/C8H16O2/c1-4-7(2)5-8(3,10)6-9/h6-7,10H,4-5H2,1-3H3. The van der Waals surface area contributed by atoms with E-state index in [0.717, 1.165) is 6.42 Å². The zero-order valence-corrected chi connectivity index (χ0v) is 6.92. The van der Waals surface area contributed by atoms with E-state index in [1.54, 1.807) is 6.92 Å². The summed E-state index contributed by atoms with van der Waals surface area (Å²) in [6.45, 7) is 5.62. The van der Waals surface area contributed by atoms with Gasteiger partial charge in [-0.15, -0.1) is 0 Å². The van der Waals surface area contributed by atoms with Crippen LogP contribution >= 0.6 is 0 Å². The minimum atomic E-state index is -1.12. The van der Waals surface area contributed by atoms with Crippen molar-refractivity contribution in [1.82, 2.24) is 0 Å². The Balaban J connectivity index is 3.75. The van der Waals surface area contributed by atoms with E-state index in [4.69, 9.17) is 0 Å². The average Bonchev–Trinajstić information content (AvgIpc) is 1.87. The van der Waals surface area contributed by atoms with Gasteiger partial charge in [-0.2, -0.15) is 0 Å². The highest BCUT2D eigenvalue weighted by molar-refractivity contribution is 5.61. The van der Waals surface area contributed by atoms with Crippen LogP contribution < -0.4 is 0 Å². The molecule has 0 saturated heterocycles. The van der Waals surface area contributed by atoms with E-state index in [1.807, 2.05) is 13.8 Å². The molecule has 60 valence electrons. The molecule has 1 N–H and O–H groups in total. The van der Waals surface area contributed by atoms with Crippen molar-refractivity contribution in [2.24, 2.45) is 5.92 Å². The predicted molar refractivity (Wildman–Crippen MR) is 40.8 cm³/mol. The summed E-state index contributed by atoms with van der Waals surface area (Å²) in [5.74, 6) is 0.417. The third-order valence-corrected chi connectivity index (χ3v) is 1.71. The topological polar surface area (TPSA) is 37.3 Å². The van der Waals surface area contributed by atoms with Gasteiger partial charge in [-0.1, -0.05) is 20.3 Å². The SMILES string of the molecule is CCC(C)CC(C)(O)C=O. The number of carbonyl (C=O) groups is 1. The molecule has 0 aromatic rings. The average molecular weight is 144 g/mol. The number of aliphatic hydroxyl groups is 1. The van der Waals surface area contributed by atoms with Crippen molar-refractivity contribution in [2.75, 3.05) is 0 Å². The Labute approximate surface area is 62.2 Å². The summed E-state index contributed by atoms with van der Waals surface area (Å²) in [4.78, 5) is 10.2. The van der Waals surface area contributed by atoms with Gasteiger partial charge in [0.2, 0.25) is 0 Å². The Kier molecular flexibility index (Phi) is 3.58. The smallest absolute Gasteiger partial charge is 0.151 e. The van der Waals surface area contributed by atoms with Gasteiger partial charge in [0.05, 0.1) is 0 Å². The first kappa shape index (κ1) is 9.63. The fourth-order valence-corrected chi connectivity index (χ4v) is 0.898. The molecule has 0 amide bonds. The third-order valence-electron chi connectivity index (χ3n) is 1.71. The monoisotopic (exact) mass is 144 g/mol. The second kappa shape index (κ2) is 3.71. The minimum Gasteiger partial charge on any atom is -0.383 e. The Morgan fingerprint density at radius 2 is 2.20 bits per heavy atom. The van der Waals surface area contributed by atoms with Gasteiger partial charge in [-0.05, 0) is 19.3 Å². The summed E-state index contributed by atoms with van der Waals surface area (Å²) in [5.41, 5.74) is -1.12. The summed E-state index contributed by atoms with van der Waals surface area (Å²) in [5, 5.41) is 9.26. The van der Waals surface area contributed by atoms with Crippen molar-refractivity contribution in [2.45, 2.75) is 39.2 Å². The van der Waals surface area contributed by atoms with Crippen LogP contribution in [0.15, 0.2) is 0 Å². The lowest BCUT2D eigenvalue weighted by atomic mass is 9.93. The second-order valence-electron chi connectivity index (χ2n) is 3.19. The summed E-state index contributed by atoms with van der Waals surface area (Å²) in [6, 6.07) is 0. The molecule has 2 heteroatoms.